The Bertz CT molecular complexity index is 568. The molecule has 2 rings (SSSR count). The van der Waals surface area contributed by atoms with Gasteiger partial charge in [0.1, 0.15) is 0 Å². The van der Waals surface area contributed by atoms with Crippen molar-refractivity contribution in [3.05, 3.63) is 51.3 Å². The monoisotopic (exact) mass is 296 g/mol. The van der Waals surface area contributed by atoms with Crippen molar-refractivity contribution < 1.29 is 0 Å². The van der Waals surface area contributed by atoms with Gasteiger partial charge in [0, 0.05) is 40.2 Å². The van der Waals surface area contributed by atoms with Crippen molar-refractivity contribution in [2.45, 2.75) is 33.9 Å². The number of nitrogens with zero attached hydrogens (tertiary/aromatic N) is 1. The molecule has 0 spiro atoms. The standard InChI is InChI=1S/C15H18Cl2N2/c1-4-19-10(2)5-12(11(19)3)9-18-15-7-13(16)6-14(17)8-15/h5-8,18H,4,9H2,1-3H3. The summed E-state index contributed by atoms with van der Waals surface area (Å²) < 4.78 is 2.31. The maximum Gasteiger partial charge on any atom is 0.0441 e. The smallest absolute Gasteiger partial charge is 0.0441 e. The molecule has 19 heavy (non-hydrogen) atoms. The maximum atomic E-state index is 5.99. The third-order valence-electron chi connectivity index (χ3n) is 3.34. The minimum absolute atomic E-state index is 0.647. The lowest BCUT2D eigenvalue weighted by atomic mass is 10.2. The number of anilines is 1. The Morgan fingerprint density at radius 1 is 1.05 bits per heavy atom. The van der Waals surface area contributed by atoms with Gasteiger partial charge in [-0.2, -0.15) is 0 Å². The first-order chi connectivity index (χ1) is 9.01. The van der Waals surface area contributed by atoms with Crippen LogP contribution < -0.4 is 5.32 Å². The Labute approximate surface area is 124 Å². The third-order valence-corrected chi connectivity index (χ3v) is 3.78. The number of hydrogen-bond donors (Lipinski definition) is 1. The molecule has 0 radical (unpaired) electrons. The van der Waals surface area contributed by atoms with Gasteiger partial charge in [0.05, 0.1) is 0 Å². The van der Waals surface area contributed by atoms with Crippen LogP contribution in [-0.4, -0.2) is 4.57 Å². The molecule has 1 heterocycles. The van der Waals surface area contributed by atoms with Crippen LogP contribution in [0.3, 0.4) is 0 Å². The minimum Gasteiger partial charge on any atom is -0.381 e. The molecule has 1 N–H and O–H groups in total. The summed E-state index contributed by atoms with van der Waals surface area (Å²) in [6.45, 7) is 8.22. The largest absolute Gasteiger partial charge is 0.381 e. The highest BCUT2D eigenvalue weighted by atomic mass is 35.5. The number of aryl methyl sites for hydroxylation is 1. The second kappa shape index (κ2) is 5.89. The Hall–Kier alpha value is -1.12. The van der Waals surface area contributed by atoms with Crippen molar-refractivity contribution in [2.24, 2.45) is 0 Å². The van der Waals surface area contributed by atoms with E-state index in [0.29, 0.717) is 10.0 Å². The molecule has 0 aliphatic rings. The van der Waals surface area contributed by atoms with E-state index < -0.39 is 0 Å². The lowest BCUT2D eigenvalue weighted by molar-refractivity contribution is 0.715. The van der Waals surface area contributed by atoms with Gasteiger partial charge in [-0.15, -0.1) is 0 Å². The molecule has 4 heteroatoms. The topological polar surface area (TPSA) is 17.0 Å². The zero-order chi connectivity index (χ0) is 14.0. The molecule has 0 aliphatic carbocycles. The SMILES string of the molecule is CCn1c(C)cc(CNc2cc(Cl)cc(Cl)c2)c1C. The minimum atomic E-state index is 0.647. The number of benzene rings is 1. The van der Waals surface area contributed by atoms with Gasteiger partial charge in [-0.3, -0.25) is 0 Å². The lowest BCUT2D eigenvalue weighted by Crippen LogP contribution is -2.03. The highest BCUT2D eigenvalue weighted by molar-refractivity contribution is 6.35. The average molecular weight is 297 g/mol. The van der Waals surface area contributed by atoms with Crippen LogP contribution >= 0.6 is 23.2 Å². The Morgan fingerprint density at radius 2 is 1.68 bits per heavy atom. The van der Waals surface area contributed by atoms with Gasteiger partial charge >= 0.3 is 0 Å². The summed E-state index contributed by atoms with van der Waals surface area (Å²) in [7, 11) is 0. The molecular formula is C15H18Cl2N2. The number of rotatable bonds is 4. The number of nitrogens with one attached hydrogen (secondary N) is 1. The van der Waals surface area contributed by atoms with Crippen molar-refractivity contribution in [3.63, 3.8) is 0 Å². The Balaban J connectivity index is 2.14. The van der Waals surface area contributed by atoms with Crippen LogP contribution in [0.15, 0.2) is 24.3 Å². The summed E-state index contributed by atoms with van der Waals surface area (Å²) in [5.41, 5.74) is 4.84. The van der Waals surface area contributed by atoms with Crippen molar-refractivity contribution >= 4 is 28.9 Å². The van der Waals surface area contributed by atoms with Crippen LogP contribution in [0.5, 0.6) is 0 Å². The van der Waals surface area contributed by atoms with Crippen LogP contribution in [0.25, 0.3) is 0 Å². The average Bonchev–Trinajstić information content (AvgIpc) is 2.60. The van der Waals surface area contributed by atoms with Gasteiger partial charge in [-0.05, 0) is 50.6 Å². The molecule has 0 amide bonds. The molecule has 0 saturated heterocycles. The fourth-order valence-corrected chi connectivity index (χ4v) is 2.92. The van der Waals surface area contributed by atoms with E-state index >= 15 is 0 Å². The van der Waals surface area contributed by atoms with Crippen LogP contribution in [0.2, 0.25) is 10.0 Å². The molecular weight excluding hydrogens is 279 g/mol. The fourth-order valence-electron chi connectivity index (χ4n) is 2.39. The number of halogens is 2. The van der Waals surface area contributed by atoms with Gasteiger partial charge in [0.25, 0.3) is 0 Å². The van der Waals surface area contributed by atoms with Crippen molar-refractivity contribution in [2.75, 3.05) is 5.32 Å². The van der Waals surface area contributed by atoms with Gasteiger partial charge in [0.2, 0.25) is 0 Å². The predicted molar refractivity (Wildman–Crippen MR) is 83.4 cm³/mol. The molecule has 0 saturated carbocycles. The summed E-state index contributed by atoms with van der Waals surface area (Å²) in [5, 5.41) is 4.66. The van der Waals surface area contributed by atoms with Crippen LogP contribution in [0, 0.1) is 13.8 Å². The Morgan fingerprint density at radius 3 is 2.21 bits per heavy atom. The van der Waals surface area contributed by atoms with E-state index in [0.717, 1.165) is 18.8 Å². The van der Waals surface area contributed by atoms with E-state index in [-0.39, 0.29) is 0 Å². The quantitative estimate of drug-likeness (QED) is 0.836. The summed E-state index contributed by atoms with van der Waals surface area (Å²) in [6.07, 6.45) is 0. The highest BCUT2D eigenvalue weighted by Crippen LogP contribution is 2.23. The lowest BCUT2D eigenvalue weighted by Gasteiger charge is -2.09. The predicted octanol–water partition coefficient (Wildman–Crippen LogP) is 5.04. The van der Waals surface area contributed by atoms with Crippen molar-refractivity contribution in [3.8, 4) is 0 Å². The van der Waals surface area contributed by atoms with E-state index in [1.807, 2.05) is 12.1 Å². The van der Waals surface area contributed by atoms with Crippen molar-refractivity contribution in [1.82, 2.24) is 4.57 Å². The molecule has 0 atom stereocenters. The first-order valence-electron chi connectivity index (χ1n) is 6.37. The fraction of sp³-hybridized carbons (Fsp3) is 0.333. The van der Waals surface area contributed by atoms with Crippen LogP contribution in [0.1, 0.15) is 23.9 Å². The Kier molecular flexibility index (Phi) is 4.43. The zero-order valence-corrected chi connectivity index (χ0v) is 12.9. The zero-order valence-electron chi connectivity index (χ0n) is 11.4. The second-order valence-electron chi connectivity index (χ2n) is 4.65. The third kappa shape index (κ3) is 3.26. The molecule has 0 bridgehead atoms. The number of aromatic nitrogens is 1. The molecule has 0 aliphatic heterocycles. The summed E-state index contributed by atoms with van der Waals surface area (Å²) in [5.74, 6) is 0. The molecule has 0 fully saturated rings. The van der Waals surface area contributed by atoms with E-state index in [4.69, 9.17) is 23.2 Å². The summed E-state index contributed by atoms with van der Waals surface area (Å²) >= 11 is 12.0. The summed E-state index contributed by atoms with van der Waals surface area (Å²) in [6, 6.07) is 7.72. The molecule has 1 aromatic carbocycles. The van der Waals surface area contributed by atoms with E-state index in [1.165, 1.54) is 17.0 Å². The first-order valence-corrected chi connectivity index (χ1v) is 7.12. The highest BCUT2D eigenvalue weighted by Gasteiger charge is 2.07. The molecule has 2 nitrogen and oxygen atoms in total. The van der Waals surface area contributed by atoms with Crippen molar-refractivity contribution in [1.29, 1.82) is 0 Å². The number of hydrogen-bond acceptors (Lipinski definition) is 1. The van der Waals surface area contributed by atoms with Crippen LogP contribution in [0.4, 0.5) is 5.69 Å². The molecule has 1 aromatic heterocycles. The molecule has 0 unspecified atom stereocenters. The van der Waals surface area contributed by atoms with E-state index in [9.17, 15) is 0 Å². The van der Waals surface area contributed by atoms with Gasteiger partial charge in [-0.1, -0.05) is 23.2 Å². The maximum absolute atomic E-state index is 5.99. The second-order valence-corrected chi connectivity index (χ2v) is 5.53. The van der Waals surface area contributed by atoms with E-state index in [2.05, 4.69) is 36.7 Å². The normalized spacial score (nSPS) is 10.8. The molecule has 102 valence electrons. The van der Waals surface area contributed by atoms with Gasteiger partial charge in [-0.25, -0.2) is 0 Å². The molecule has 2 aromatic rings. The first kappa shape index (κ1) is 14.3. The van der Waals surface area contributed by atoms with Crippen LogP contribution in [-0.2, 0) is 13.1 Å². The van der Waals surface area contributed by atoms with E-state index in [1.54, 1.807) is 6.07 Å². The van der Waals surface area contributed by atoms with Gasteiger partial charge < -0.3 is 9.88 Å². The van der Waals surface area contributed by atoms with Gasteiger partial charge in [0.15, 0.2) is 0 Å². The summed E-state index contributed by atoms with van der Waals surface area (Å²) in [4.78, 5) is 0.